The van der Waals surface area contributed by atoms with Crippen LogP contribution in [0.1, 0.15) is 26.7 Å². The Kier molecular flexibility index (Phi) is 10.6. The van der Waals surface area contributed by atoms with Gasteiger partial charge in [0, 0.05) is 13.2 Å². The molecule has 0 aliphatic heterocycles. The number of phosphoric ester groups is 2. The molecular formula is C12H26O14P2. The van der Waals surface area contributed by atoms with Gasteiger partial charge in [0.05, 0.1) is 0 Å². The van der Waals surface area contributed by atoms with Gasteiger partial charge in [0.25, 0.3) is 0 Å². The Morgan fingerprint density at radius 2 is 0.964 bits per heavy atom. The number of hydrogen-bond donors (Lipinski definition) is 6. The number of hydrogen-bond acceptors (Lipinski definition) is 10. The summed E-state index contributed by atoms with van der Waals surface area (Å²) in [7, 11) is -10.4. The normalized spacial score (nSPS) is 31.9. The molecule has 1 aliphatic rings. The summed E-state index contributed by atoms with van der Waals surface area (Å²) >= 11 is 0. The van der Waals surface area contributed by atoms with E-state index in [9.17, 15) is 39.2 Å². The Bertz CT molecular complexity index is 548. The fourth-order valence-corrected chi connectivity index (χ4v) is 3.92. The maximum absolute atomic E-state index is 11.5. The van der Waals surface area contributed by atoms with E-state index in [-0.39, 0.29) is 13.2 Å². The number of ether oxygens (including phenoxy) is 2. The molecule has 1 rings (SSSR count). The van der Waals surface area contributed by atoms with Crippen molar-refractivity contribution in [1.29, 1.82) is 0 Å². The van der Waals surface area contributed by atoms with Crippen molar-refractivity contribution >= 4 is 15.6 Å². The van der Waals surface area contributed by atoms with Crippen LogP contribution in [0.5, 0.6) is 0 Å². The molecule has 6 N–H and O–H groups in total. The third-order valence-corrected chi connectivity index (χ3v) is 4.77. The lowest BCUT2D eigenvalue weighted by atomic mass is 9.84. The maximum Gasteiger partial charge on any atom is 0.470 e. The molecular weight excluding hydrogens is 430 g/mol. The molecule has 0 aromatic heterocycles. The molecule has 3 unspecified atom stereocenters. The third kappa shape index (κ3) is 7.67. The number of rotatable bonds is 12. The topological polar surface area (TPSA) is 211 Å². The standard InChI is InChI=1S/C12H26O14P2/c1-3-5-21-7-9(23-13)10(24-14)12(26-28(18,19)20)8(22-6-4-2)11(7)25-27(15,16)17/h7-14H,3-6H2,1-2H3,(H2,15,16,17)(H2,18,19,20)/t7?,8?,9-,10-,11+,12?/m1/s1. The molecule has 0 radical (unpaired) electrons. The summed E-state index contributed by atoms with van der Waals surface area (Å²) in [6.45, 7) is 3.41. The van der Waals surface area contributed by atoms with Crippen molar-refractivity contribution < 1.29 is 67.5 Å². The summed E-state index contributed by atoms with van der Waals surface area (Å²) in [4.78, 5) is 45.3. The van der Waals surface area contributed by atoms with E-state index in [0.29, 0.717) is 12.8 Å². The molecule has 28 heavy (non-hydrogen) atoms. The van der Waals surface area contributed by atoms with E-state index in [2.05, 4.69) is 14.3 Å². The molecule has 6 atom stereocenters. The first-order valence-electron chi connectivity index (χ1n) is 8.30. The average molecular weight is 456 g/mol. The highest BCUT2D eigenvalue weighted by Crippen LogP contribution is 2.47. The molecule has 0 amide bonds. The van der Waals surface area contributed by atoms with Crippen LogP contribution >= 0.6 is 15.6 Å². The van der Waals surface area contributed by atoms with Gasteiger partial charge in [-0.1, -0.05) is 13.8 Å². The lowest BCUT2D eigenvalue weighted by Crippen LogP contribution is -2.67. The van der Waals surface area contributed by atoms with Crippen molar-refractivity contribution in [3.63, 3.8) is 0 Å². The minimum Gasteiger partial charge on any atom is -0.373 e. The van der Waals surface area contributed by atoms with Crippen LogP contribution < -0.4 is 0 Å². The second-order valence-corrected chi connectivity index (χ2v) is 8.32. The highest BCUT2D eigenvalue weighted by molar-refractivity contribution is 7.46. The fourth-order valence-electron chi connectivity index (χ4n) is 2.81. The highest BCUT2D eigenvalue weighted by atomic mass is 31.2. The zero-order chi connectivity index (χ0) is 21.5. The Labute approximate surface area is 160 Å². The Balaban J connectivity index is 3.43. The molecule has 1 aliphatic carbocycles. The minimum absolute atomic E-state index is 0.0220. The fraction of sp³-hybridized carbons (Fsp3) is 1.00. The zero-order valence-electron chi connectivity index (χ0n) is 15.1. The van der Waals surface area contributed by atoms with Gasteiger partial charge in [-0.15, -0.1) is 0 Å². The molecule has 1 saturated carbocycles. The SMILES string of the molecule is CCCOC1C(OP(=O)(O)O)[C@H](OO)[C@H](OO)C(OCCC)[C@@H]1OP(=O)(O)O. The van der Waals surface area contributed by atoms with Crippen LogP contribution in [0.25, 0.3) is 0 Å². The molecule has 168 valence electrons. The van der Waals surface area contributed by atoms with Gasteiger partial charge in [-0.05, 0) is 12.8 Å². The van der Waals surface area contributed by atoms with Crippen molar-refractivity contribution in [2.45, 2.75) is 63.3 Å². The number of phosphoric acid groups is 2. The highest BCUT2D eigenvalue weighted by Gasteiger charge is 2.58. The van der Waals surface area contributed by atoms with Gasteiger partial charge in [0.2, 0.25) is 0 Å². The van der Waals surface area contributed by atoms with E-state index in [1.165, 1.54) is 0 Å². The Hall–Kier alpha value is -0.0200. The summed E-state index contributed by atoms with van der Waals surface area (Å²) < 4.78 is 43.0. The van der Waals surface area contributed by atoms with Gasteiger partial charge in [-0.2, -0.15) is 0 Å². The van der Waals surface area contributed by atoms with Crippen molar-refractivity contribution in [2.75, 3.05) is 13.2 Å². The van der Waals surface area contributed by atoms with Gasteiger partial charge >= 0.3 is 15.6 Å². The zero-order valence-corrected chi connectivity index (χ0v) is 16.9. The summed E-state index contributed by atoms with van der Waals surface area (Å²) in [6.07, 6.45) is -9.22. The second-order valence-electron chi connectivity index (χ2n) is 5.93. The van der Waals surface area contributed by atoms with Gasteiger partial charge < -0.3 is 29.0 Å². The summed E-state index contributed by atoms with van der Waals surface area (Å²) in [5.74, 6) is 0. The van der Waals surface area contributed by atoms with Crippen LogP contribution in [0.4, 0.5) is 0 Å². The molecule has 14 nitrogen and oxygen atoms in total. The van der Waals surface area contributed by atoms with Gasteiger partial charge in [-0.25, -0.2) is 18.9 Å². The van der Waals surface area contributed by atoms with Gasteiger partial charge in [-0.3, -0.25) is 19.6 Å². The van der Waals surface area contributed by atoms with Crippen molar-refractivity contribution in [2.24, 2.45) is 0 Å². The average Bonchev–Trinajstić information content (AvgIpc) is 2.57. The van der Waals surface area contributed by atoms with E-state index in [1.54, 1.807) is 13.8 Å². The first-order valence-corrected chi connectivity index (χ1v) is 11.4. The second kappa shape index (κ2) is 11.4. The minimum atomic E-state index is -5.21. The Morgan fingerprint density at radius 1 is 0.643 bits per heavy atom. The van der Waals surface area contributed by atoms with Crippen LogP contribution in [0.15, 0.2) is 0 Å². The summed E-state index contributed by atoms with van der Waals surface area (Å²) in [6, 6.07) is 0. The van der Waals surface area contributed by atoms with Crippen LogP contribution in [0.2, 0.25) is 0 Å². The summed E-state index contributed by atoms with van der Waals surface area (Å²) in [5, 5.41) is 18.5. The maximum atomic E-state index is 11.5. The lowest BCUT2D eigenvalue weighted by molar-refractivity contribution is -0.403. The lowest BCUT2D eigenvalue weighted by Gasteiger charge is -2.47. The monoisotopic (exact) mass is 456 g/mol. The van der Waals surface area contributed by atoms with Crippen LogP contribution in [0, 0.1) is 0 Å². The third-order valence-electron chi connectivity index (χ3n) is 3.73. The Morgan fingerprint density at radius 3 is 1.29 bits per heavy atom. The first kappa shape index (κ1) is 26.0. The first-order chi connectivity index (χ1) is 13.0. The molecule has 1 fully saturated rings. The van der Waals surface area contributed by atoms with Crippen molar-refractivity contribution in [3.8, 4) is 0 Å². The van der Waals surface area contributed by atoms with Crippen molar-refractivity contribution in [3.05, 3.63) is 0 Å². The van der Waals surface area contributed by atoms with Crippen LogP contribution in [-0.4, -0.2) is 79.9 Å². The quantitative estimate of drug-likeness (QED) is 0.132. The molecule has 16 heteroatoms. The van der Waals surface area contributed by atoms with Gasteiger partial charge in [0.15, 0.2) is 12.2 Å². The predicted molar refractivity (Wildman–Crippen MR) is 88.9 cm³/mol. The molecule has 0 bridgehead atoms. The molecule has 0 saturated heterocycles. The largest absolute Gasteiger partial charge is 0.470 e. The van der Waals surface area contributed by atoms with E-state index in [1.807, 2.05) is 0 Å². The van der Waals surface area contributed by atoms with Crippen LogP contribution in [0.3, 0.4) is 0 Å². The van der Waals surface area contributed by atoms with Crippen molar-refractivity contribution in [1.82, 2.24) is 0 Å². The van der Waals surface area contributed by atoms with E-state index >= 15 is 0 Å². The smallest absolute Gasteiger partial charge is 0.373 e. The molecule has 0 aromatic carbocycles. The molecule has 0 spiro atoms. The molecule has 0 aromatic rings. The van der Waals surface area contributed by atoms with E-state index in [0.717, 1.165) is 0 Å². The van der Waals surface area contributed by atoms with E-state index < -0.39 is 52.3 Å². The van der Waals surface area contributed by atoms with E-state index in [4.69, 9.17) is 14.0 Å². The van der Waals surface area contributed by atoms with Gasteiger partial charge in [0.1, 0.15) is 24.4 Å². The summed E-state index contributed by atoms with van der Waals surface area (Å²) in [5.41, 5.74) is 0. The van der Waals surface area contributed by atoms with Crippen LogP contribution in [-0.2, 0) is 37.4 Å². The molecule has 0 heterocycles. The predicted octanol–water partition coefficient (Wildman–Crippen LogP) is 0.263.